The third-order valence-electron chi connectivity index (χ3n) is 1.44. The van der Waals surface area contributed by atoms with Gasteiger partial charge in [-0.05, 0) is 12.1 Å². The summed E-state index contributed by atoms with van der Waals surface area (Å²) in [7, 11) is 1.30. The highest BCUT2D eigenvalue weighted by Gasteiger charge is 2.06. The second-order valence-corrected chi connectivity index (χ2v) is 2.72. The molecule has 13 heavy (non-hydrogen) atoms. The molecule has 0 unspecified atom stereocenters. The Hall–Kier alpha value is -1.29. The van der Waals surface area contributed by atoms with E-state index < -0.39 is 5.97 Å². The van der Waals surface area contributed by atoms with Gasteiger partial charge in [0.15, 0.2) is 10.9 Å². The number of hydrogen-bond donors (Lipinski definition) is 1. The van der Waals surface area contributed by atoms with Crippen LogP contribution in [0.4, 0.5) is 0 Å². The van der Waals surface area contributed by atoms with E-state index in [1.54, 1.807) is 0 Å². The van der Waals surface area contributed by atoms with Gasteiger partial charge in [0.05, 0.1) is 19.2 Å². The second kappa shape index (κ2) is 4.09. The molecule has 0 saturated heterocycles. The van der Waals surface area contributed by atoms with Gasteiger partial charge in [-0.1, -0.05) is 11.6 Å². The Balaban J connectivity index is 2.79. The Morgan fingerprint density at radius 2 is 2.38 bits per heavy atom. The molecule has 4 nitrogen and oxygen atoms in total. The summed E-state index contributed by atoms with van der Waals surface area (Å²) in [6.45, 7) is 0. The minimum absolute atomic E-state index is 0.0126. The van der Waals surface area contributed by atoms with Crippen LogP contribution in [0.5, 0.6) is 5.75 Å². The third-order valence-corrected chi connectivity index (χ3v) is 1.72. The van der Waals surface area contributed by atoms with Crippen molar-refractivity contribution in [1.82, 2.24) is 4.98 Å². The number of aromatic hydroxyl groups is 1. The first-order valence-corrected chi connectivity index (χ1v) is 3.92. The molecule has 0 aliphatic carbocycles. The standard InChI is InChI=1S/C8H8ClNO3/c1-13-7(12)4-5-2-3-6(11)8(9)10-5/h2-3,11H,4H2,1H3. The van der Waals surface area contributed by atoms with Crippen LogP contribution in [-0.2, 0) is 16.0 Å². The highest BCUT2D eigenvalue weighted by atomic mass is 35.5. The van der Waals surface area contributed by atoms with E-state index in [9.17, 15) is 4.79 Å². The molecule has 1 aromatic rings. The van der Waals surface area contributed by atoms with E-state index in [4.69, 9.17) is 16.7 Å². The van der Waals surface area contributed by atoms with Crippen molar-refractivity contribution in [1.29, 1.82) is 0 Å². The zero-order valence-electron chi connectivity index (χ0n) is 6.95. The topological polar surface area (TPSA) is 59.4 Å². The predicted octanol–water partition coefficient (Wildman–Crippen LogP) is 1.16. The number of aromatic nitrogens is 1. The van der Waals surface area contributed by atoms with Crippen LogP contribution in [0, 0.1) is 0 Å². The number of hydrogen-bond acceptors (Lipinski definition) is 4. The highest BCUT2D eigenvalue weighted by Crippen LogP contribution is 2.19. The van der Waals surface area contributed by atoms with Crippen LogP contribution in [0.3, 0.4) is 0 Å². The second-order valence-electron chi connectivity index (χ2n) is 2.37. The van der Waals surface area contributed by atoms with E-state index in [-0.39, 0.29) is 17.3 Å². The van der Waals surface area contributed by atoms with Gasteiger partial charge in [0.1, 0.15) is 0 Å². The van der Waals surface area contributed by atoms with Gasteiger partial charge in [-0.2, -0.15) is 0 Å². The number of nitrogens with zero attached hydrogens (tertiary/aromatic N) is 1. The number of methoxy groups -OCH3 is 1. The van der Waals surface area contributed by atoms with Crippen LogP contribution in [0.25, 0.3) is 0 Å². The molecule has 0 amide bonds. The molecule has 70 valence electrons. The fourth-order valence-electron chi connectivity index (χ4n) is 0.783. The van der Waals surface area contributed by atoms with Crippen molar-refractivity contribution in [3.8, 4) is 5.75 Å². The minimum Gasteiger partial charge on any atom is -0.505 e. The van der Waals surface area contributed by atoms with Crippen molar-refractivity contribution in [3.05, 3.63) is 23.0 Å². The first-order valence-electron chi connectivity index (χ1n) is 3.54. The summed E-state index contributed by atoms with van der Waals surface area (Å²) in [5.41, 5.74) is 0.467. The number of ether oxygens (including phenoxy) is 1. The molecule has 0 radical (unpaired) electrons. The van der Waals surface area contributed by atoms with E-state index in [1.165, 1.54) is 19.2 Å². The van der Waals surface area contributed by atoms with Crippen LogP contribution in [0.1, 0.15) is 5.69 Å². The fraction of sp³-hybridized carbons (Fsp3) is 0.250. The number of halogens is 1. The molecule has 0 spiro atoms. The molecule has 0 aliphatic heterocycles. The summed E-state index contributed by atoms with van der Waals surface area (Å²) < 4.78 is 4.44. The lowest BCUT2D eigenvalue weighted by atomic mass is 10.3. The summed E-state index contributed by atoms with van der Waals surface area (Å²) in [6, 6.07) is 2.89. The summed E-state index contributed by atoms with van der Waals surface area (Å²) in [6.07, 6.45) is 0.0521. The van der Waals surface area contributed by atoms with Gasteiger partial charge in [0, 0.05) is 0 Å². The number of carbonyl (C=O) groups is 1. The first-order chi connectivity index (χ1) is 6.13. The van der Waals surface area contributed by atoms with Crippen molar-refractivity contribution in [2.45, 2.75) is 6.42 Å². The smallest absolute Gasteiger partial charge is 0.311 e. The summed E-state index contributed by atoms with van der Waals surface area (Å²) >= 11 is 5.53. The van der Waals surface area contributed by atoms with E-state index in [0.29, 0.717) is 5.69 Å². The van der Waals surface area contributed by atoms with E-state index >= 15 is 0 Å². The molecular weight excluding hydrogens is 194 g/mol. The van der Waals surface area contributed by atoms with E-state index in [2.05, 4.69) is 9.72 Å². The summed E-state index contributed by atoms with van der Waals surface area (Å²) in [5, 5.41) is 9.01. The molecule has 5 heteroatoms. The maximum Gasteiger partial charge on any atom is 0.311 e. The molecule has 1 rings (SSSR count). The van der Waals surface area contributed by atoms with Gasteiger partial charge in [0.2, 0.25) is 0 Å². The Morgan fingerprint density at radius 3 is 2.92 bits per heavy atom. The van der Waals surface area contributed by atoms with Gasteiger partial charge < -0.3 is 9.84 Å². The van der Waals surface area contributed by atoms with Crippen molar-refractivity contribution < 1.29 is 14.6 Å². The lowest BCUT2D eigenvalue weighted by molar-refractivity contribution is -0.139. The molecule has 1 aromatic heterocycles. The Bertz CT molecular complexity index is 327. The average molecular weight is 202 g/mol. The van der Waals surface area contributed by atoms with Gasteiger partial charge >= 0.3 is 5.97 Å². The normalized spacial score (nSPS) is 9.69. The van der Waals surface area contributed by atoms with E-state index in [1.807, 2.05) is 0 Å². The van der Waals surface area contributed by atoms with E-state index in [0.717, 1.165) is 0 Å². The van der Waals surface area contributed by atoms with Gasteiger partial charge in [-0.15, -0.1) is 0 Å². The van der Waals surface area contributed by atoms with Crippen molar-refractivity contribution >= 4 is 17.6 Å². The zero-order valence-corrected chi connectivity index (χ0v) is 7.71. The molecular formula is C8H8ClNO3. The molecule has 0 saturated carbocycles. The molecule has 0 aromatic carbocycles. The number of carbonyl (C=O) groups excluding carboxylic acids is 1. The van der Waals surface area contributed by atoms with Gasteiger partial charge in [0.25, 0.3) is 0 Å². The number of esters is 1. The highest BCUT2D eigenvalue weighted by molar-refractivity contribution is 6.30. The van der Waals surface area contributed by atoms with Crippen LogP contribution in [-0.4, -0.2) is 23.2 Å². The summed E-state index contributed by atoms with van der Waals surface area (Å²) in [5.74, 6) is -0.496. The minimum atomic E-state index is -0.394. The van der Waals surface area contributed by atoms with Crippen molar-refractivity contribution in [3.63, 3.8) is 0 Å². The largest absolute Gasteiger partial charge is 0.505 e. The predicted molar refractivity (Wildman–Crippen MR) is 46.6 cm³/mol. The monoisotopic (exact) mass is 201 g/mol. The number of rotatable bonds is 2. The van der Waals surface area contributed by atoms with Gasteiger partial charge in [-0.25, -0.2) is 4.98 Å². The maximum absolute atomic E-state index is 10.8. The maximum atomic E-state index is 10.8. The van der Waals surface area contributed by atoms with Crippen LogP contribution in [0.2, 0.25) is 5.15 Å². The van der Waals surface area contributed by atoms with Crippen LogP contribution in [0.15, 0.2) is 12.1 Å². The Labute approximate surface area is 80.1 Å². The van der Waals surface area contributed by atoms with Crippen molar-refractivity contribution in [2.75, 3.05) is 7.11 Å². The third kappa shape index (κ3) is 2.59. The van der Waals surface area contributed by atoms with Gasteiger partial charge in [-0.3, -0.25) is 4.79 Å². The SMILES string of the molecule is COC(=O)Cc1ccc(O)c(Cl)n1. The van der Waals surface area contributed by atoms with Crippen LogP contribution < -0.4 is 0 Å². The van der Waals surface area contributed by atoms with Crippen LogP contribution >= 0.6 is 11.6 Å². The zero-order chi connectivity index (χ0) is 9.84. The summed E-state index contributed by atoms with van der Waals surface area (Å²) in [4.78, 5) is 14.6. The lowest BCUT2D eigenvalue weighted by Crippen LogP contribution is -2.05. The average Bonchev–Trinajstić information content (AvgIpc) is 2.11. The molecule has 0 fully saturated rings. The molecule has 1 heterocycles. The lowest BCUT2D eigenvalue weighted by Gasteiger charge is -2.00. The van der Waals surface area contributed by atoms with Crippen molar-refractivity contribution in [2.24, 2.45) is 0 Å². The first kappa shape index (κ1) is 9.80. The quantitative estimate of drug-likeness (QED) is 0.576. The molecule has 0 aliphatic rings. The molecule has 0 atom stereocenters. The Morgan fingerprint density at radius 1 is 1.69 bits per heavy atom. The molecule has 0 bridgehead atoms. The molecule has 1 N–H and O–H groups in total. The number of pyridine rings is 1. The fourth-order valence-corrected chi connectivity index (χ4v) is 0.955. The Kier molecular flexibility index (Phi) is 3.08.